The number of Topliss-reactive ketones (excluding diaryl/α,β-unsaturated/α-hetero) is 1. The van der Waals surface area contributed by atoms with Crippen molar-refractivity contribution in [1.82, 2.24) is 0 Å². The predicted octanol–water partition coefficient (Wildman–Crippen LogP) is 6.57. The maximum Gasteiger partial charge on any atom is 0.416 e. The zero-order chi connectivity index (χ0) is 20.2. The number of hydrogen-bond acceptors (Lipinski definition) is 3. The van der Waals surface area contributed by atoms with Gasteiger partial charge in [0.2, 0.25) is 0 Å². The molecular formula is C23H14F3NOS. The maximum atomic E-state index is 13.3. The Morgan fingerprint density at radius 3 is 2.21 bits per heavy atom. The first-order valence-electron chi connectivity index (χ1n) is 9.01. The van der Waals surface area contributed by atoms with Gasteiger partial charge in [-0.25, -0.2) is 0 Å². The molecule has 0 bridgehead atoms. The number of carbonyl (C=O) groups is 1. The van der Waals surface area contributed by atoms with E-state index in [0.717, 1.165) is 34.0 Å². The fourth-order valence-electron chi connectivity index (χ4n) is 3.76. The Hall–Kier alpha value is -2.99. The number of ketones is 1. The number of halogens is 3. The highest BCUT2D eigenvalue weighted by Crippen LogP contribution is 2.52. The fourth-order valence-corrected chi connectivity index (χ4v) is 5.06. The minimum Gasteiger partial charge on any atom is -0.354 e. The van der Waals surface area contributed by atoms with E-state index in [9.17, 15) is 18.0 Å². The Kier molecular flexibility index (Phi) is 4.06. The van der Waals surface area contributed by atoms with Crippen molar-refractivity contribution in [1.29, 1.82) is 0 Å². The van der Waals surface area contributed by atoms with Gasteiger partial charge in [-0.2, -0.15) is 13.2 Å². The first-order valence-corrected chi connectivity index (χ1v) is 9.89. The lowest BCUT2D eigenvalue weighted by Crippen LogP contribution is -2.09. The number of anilines is 1. The van der Waals surface area contributed by atoms with E-state index in [2.05, 4.69) is 5.32 Å². The van der Waals surface area contributed by atoms with Gasteiger partial charge >= 0.3 is 6.18 Å². The summed E-state index contributed by atoms with van der Waals surface area (Å²) in [5, 5.41) is 2.99. The van der Waals surface area contributed by atoms with Crippen molar-refractivity contribution in [3.63, 3.8) is 0 Å². The minimum atomic E-state index is -4.40. The van der Waals surface area contributed by atoms with Gasteiger partial charge in [0.15, 0.2) is 5.78 Å². The van der Waals surface area contributed by atoms with Crippen molar-refractivity contribution >= 4 is 28.9 Å². The van der Waals surface area contributed by atoms with E-state index in [-0.39, 0.29) is 5.78 Å². The first-order chi connectivity index (χ1) is 13.9. The average molecular weight is 409 g/mol. The highest BCUT2D eigenvalue weighted by atomic mass is 32.2. The summed E-state index contributed by atoms with van der Waals surface area (Å²) in [4.78, 5) is 14.2. The van der Waals surface area contributed by atoms with Crippen LogP contribution in [0.4, 0.5) is 18.9 Å². The lowest BCUT2D eigenvalue weighted by Gasteiger charge is -2.18. The van der Waals surface area contributed by atoms with Gasteiger partial charge in [-0.1, -0.05) is 48.5 Å². The van der Waals surface area contributed by atoms with Crippen molar-refractivity contribution in [2.24, 2.45) is 0 Å². The van der Waals surface area contributed by atoms with E-state index >= 15 is 0 Å². The molecule has 0 amide bonds. The molecule has 0 radical (unpaired) electrons. The van der Waals surface area contributed by atoms with E-state index in [4.69, 9.17) is 0 Å². The number of carbonyl (C=O) groups excluding carboxylic acids is 1. The Bertz CT molecular complexity index is 1170. The van der Waals surface area contributed by atoms with Crippen molar-refractivity contribution < 1.29 is 18.0 Å². The number of nitrogens with one attached hydrogen (secondary N) is 1. The summed E-state index contributed by atoms with van der Waals surface area (Å²) in [7, 11) is 0. The summed E-state index contributed by atoms with van der Waals surface area (Å²) in [5.41, 5.74) is 3.58. The predicted molar refractivity (Wildman–Crippen MR) is 108 cm³/mol. The van der Waals surface area contributed by atoms with Crippen molar-refractivity contribution in [3.8, 4) is 0 Å². The fraction of sp³-hybridized carbons (Fsp3) is 0.0870. The number of rotatable bonds is 1. The lowest BCUT2D eigenvalue weighted by molar-refractivity contribution is -0.137. The average Bonchev–Trinajstić information content (AvgIpc) is 2.88. The standard InChI is InChI=1S/C23H14F3NOS/c24-23(25,26)14-11-9-13(10-12-14)22-19-20(15-5-1-2-6-16(15)21(19)28)27-17-7-3-4-8-18(17)29-22/h1-12,22,27H/t22-/m0/s1. The SMILES string of the molecule is O=C1C2=C(Nc3ccccc3S[C@H]2c2ccc(C(F)(F)F)cc2)c2ccccc21. The Morgan fingerprint density at radius 1 is 0.828 bits per heavy atom. The Labute approximate surface area is 169 Å². The molecular weight excluding hydrogens is 395 g/mol. The molecule has 1 aliphatic heterocycles. The monoisotopic (exact) mass is 409 g/mol. The van der Waals surface area contributed by atoms with Gasteiger partial charge in [0.1, 0.15) is 0 Å². The van der Waals surface area contributed by atoms with Crippen molar-refractivity contribution in [2.45, 2.75) is 16.3 Å². The van der Waals surface area contributed by atoms with Crippen LogP contribution in [0.3, 0.4) is 0 Å². The minimum absolute atomic E-state index is 0.0895. The Balaban J connectivity index is 1.68. The smallest absolute Gasteiger partial charge is 0.354 e. The molecule has 0 unspecified atom stereocenters. The molecule has 2 nitrogen and oxygen atoms in total. The van der Waals surface area contributed by atoms with E-state index in [1.54, 1.807) is 6.07 Å². The van der Waals surface area contributed by atoms with Gasteiger partial charge in [-0.3, -0.25) is 4.79 Å². The molecule has 2 aliphatic rings. The molecule has 0 saturated carbocycles. The van der Waals surface area contributed by atoms with Crippen molar-refractivity contribution in [3.05, 3.63) is 101 Å². The van der Waals surface area contributed by atoms with E-state index in [1.165, 1.54) is 23.9 Å². The molecule has 3 aromatic carbocycles. The summed E-state index contributed by atoms with van der Waals surface area (Å²) in [6.07, 6.45) is -4.40. The maximum absolute atomic E-state index is 13.3. The normalized spacial score (nSPS) is 17.9. The van der Waals surface area contributed by atoms with E-state index < -0.39 is 17.0 Å². The van der Waals surface area contributed by atoms with Gasteiger partial charge in [0.05, 0.1) is 22.2 Å². The number of thioether (sulfide) groups is 1. The van der Waals surface area contributed by atoms with E-state index in [1.807, 2.05) is 42.5 Å². The number of benzene rings is 3. The third-order valence-electron chi connectivity index (χ3n) is 5.15. The van der Waals surface area contributed by atoms with Crippen molar-refractivity contribution in [2.75, 3.05) is 5.32 Å². The highest BCUT2D eigenvalue weighted by molar-refractivity contribution is 8.00. The molecule has 144 valence electrons. The quantitative estimate of drug-likeness (QED) is 0.493. The summed E-state index contributed by atoms with van der Waals surface area (Å²) >= 11 is 1.47. The zero-order valence-corrected chi connectivity index (χ0v) is 15.8. The summed E-state index contributed by atoms with van der Waals surface area (Å²) < 4.78 is 39.0. The largest absolute Gasteiger partial charge is 0.416 e. The van der Waals surface area contributed by atoms with Gasteiger partial charge in [0, 0.05) is 21.6 Å². The van der Waals surface area contributed by atoms with Crippen LogP contribution >= 0.6 is 11.8 Å². The van der Waals surface area contributed by atoms with Gasteiger partial charge in [-0.05, 0) is 29.8 Å². The molecule has 0 aromatic heterocycles. The van der Waals surface area contributed by atoms with Crippen LogP contribution < -0.4 is 5.32 Å². The van der Waals surface area contributed by atoms with Crippen LogP contribution in [0.5, 0.6) is 0 Å². The highest BCUT2D eigenvalue weighted by Gasteiger charge is 2.38. The molecule has 0 fully saturated rings. The number of para-hydroxylation sites is 1. The molecule has 6 heteroatoms. The van der Waals surface area contributed by atoms with Crippen LogP contribution in [0.1, 0.15) is 32.3 Å². The summed E-state index contributed by atoms with van der Waals surface area (Å²) in [6.45, 7) is 0. The molecule has 1 heterocycles. The second-order valence-corrected chi connectivity index (χ2v) is 8.05. The van der Waals surface area contributed by atoms with Crippen LogP contribution in [0.2, 0.25) is 0 Å². The third-order valence-corrected chi connectivity index (χ3v) is 6.50. The van der Waals surface area contributed by atoms with Crippen LogP contribution in [-0.4, -0.2) is 5.78 Å². The molecule has 3 aromatic rings. The van der Waals surface area contributed by atoms with Crippen LogP contribution in [0.25, 0.3) is 5.70 Å². The molecule has 1 aliphatic carbocycles. The topological polar surface area (TPSA) is 29.1 Å². The molecule has 1 atom stereocenters. The first kappa shape index (κ1) is 18.1. The van der Waals surface area contributed by atoms with Crippen LogP contribution in [0.15, 0.2) is 83.3 Å². The summed E-state index contributed by atoms with van der Waals surface area (Å²) in [6, 6.07) is 20.2. The number of fused-ring (bicyclic) bond motifs is 3. The molecule has 1 N–H and O–H groups in total. The summed E-state index contributed by atoms with van der Waals surface area (Å²) in [5.74, 6) is -0.0895. The second-order valence-electron chi connectivity index (χ2n) is 6.90. The third kappa shape index (κ3) is 2.95. The molecule has 29 heavy (non-hydrogen) atoms. The van der Waals surface area contributed by atoms with Gasteiger partial charge in [-0.15, -0.1) is 11.8 Å². The number of alkyl halides is 3. The number of hydrogen-bond donors (Lipinski definition) is 1. The lowest BCUT2D eigenvalue weighted by atomic mass is 9.99. The molecule has 0 saturated heterocycles. The second kappa shape index (κ2) is 6.52. The molecule has 0 spiro atoms. The zero-order valence-electron chi connectivity index (χ0n) is 15.0. The van der Waals surface area contributed by atoms with Crippen LogP contribution in [0, 0.1) is 0 Å². The van der Waals surface area contributed by atoms with E-state index in [0.29, 0.717) is 16.7 Å². The van der Waals surface area contributed by atoms with Gasteiger partial charge in [0.25, 0.3) is 0 Å². The van der Waals surface area contributed by atoms with Gasteiger partial charge < -0.3 is 5.32 Å². The Morgan fingerprint density at radius 2 is 1.48 bits per heavy atom. The molecule has 5 rings (SSSR count). The van der Waals surface area contributed by atoms with Crippen LogP contribution in [-0.2, 0) is 6.18 Å².